The largest absolute Gasteiger partial charge is 0.465 e. The van der Waals surface area contributed by atoms with Crippen LogP contribution >= 0.6 is 0 Å². The molecule has 150 valence electrons. The van der Waals surface area contributed by atoms with Crippen molar-refractivity contribution in [2.75, 3.05) is 6.61 Å². The lowest BCUT2D eigenvalue weighted by molar-refractivity contribution is -0.145. The number of benzene rings is 2. The van der Waals surface area contributed by atoms with Crippen LogP contribution in [0.2, 0.25) is 0 Å². The summed E-state index contributed by atoms with van der Waals surface area (Å²) in [6.07, 6.45) is 0.689. The number of hydrogen-bond donors (Lipinski definition) is 1. The minimum Gasteiger partial charge on any atom is -0.465 e. The molecule has 1 aliphatic rings. The second-order valence-corrected chi connectivity index (χ2v) is 8.13. The molecule has 0 radical (unpaired) electrons. The van der Waals surface area contributed by atoms with Crippen LogP contribution in [0.25, 0.3) is 0 Å². The van der Waals surface area contributed by atoms with E-state index in [1.807, 2.05) is 36.4 Å². The zero-order valence-corrected chi connectivity index (χ0v) is 16.8. The molecular weight excluding hydrogens is 350 g/mol. The molecule has 1 aliphatic heterocycles. The van der Waals surface area contributed by atoms with Gasteiger partial charge in [0.05, 0.1) is 18.6 Å². The molecule has 0 bridgehead atoms. The van der Waals surface area contributed by atoms with Gasteiger partial charge in [-0.3, -0.25) is 9.69 Å². The highest BCUT2D eigenvalue weighted by Gasteiger charge is 2.40. The standard InChI is InChI=1S/C24H31NO3/c1-18(2)15-22(23(26)21-13-14-28-24(21)27)25(16-19-9-5-3-6-10-19)17-20-11-7-4-8-12-20/h3-12,18,21-23,26H,13-17H2,1-2H3/t21-,22+,23-/m1/s1. The van der Waals surface area contributed by atoms with Gasteiger partial charge in [-0.15, -0.1) is 0 Å². The van der Waals surface area contributed by atoms with E-state index in [1.54, 1.807) is 0 Å². The van der Waals surface area contributed by atoms with Gasteiger partial charge in [-0.05, 0) is 29.9 Å². The van der Waals surface area contributed by atoms with Crippen molar-refractivity contribution in [1.82, 2.24) is 4.90 Å². The Morgan fingerprint density at radius 1 is 1.00 bits per heavy atom. The molecule has 2 aromatic carbocycles. The highest BCUT2D eigenvalue weighted by molar-refractivity contribution is 5.74. The summed E-state index contributed by atoms with van der Waals surface area (Å²) < 4.78 is 5.14. The lowest BCUT2D eigenvalue weighted by Crippen LogP contribution is -2.48. The fourth-order valence-electron chi connectivity index (χ4n) is 4.00. The van der Waals surface area contributed by atoms with Crippen LogP contribution in [0.5, 0.6) is 0 Å². The molecule has 0 saturated carbocycles. The number of ether oxygens (including phenoxy) is 1. The Balaban J connectivity index is 1.88. The summed E-state index contributed by atoms with van der Waals surface area (Å²) in [4.78, 5) is 14.5. The molecule has 4 nitrogen and oxygen atoms in total. The summed E-state index contributed by atoms with van der Waals surface area (Å²) in [5.41, 5.74) is 2.40. The van der Waals surface area contributed by atoms with Crippen molar-refractivity contribution in [3.8, 4) is 0 Å². The van der Waals surface area contributed by atoms with Crippen molar-refractivity contribution in [3.05, 3.63) is 71.8 Å². The van der Waals surface area contributed by atoms with Gasteiger partial charge in [0.15, 0.2) is 0 Å². The minimum absolute atomic E-state index is 0.115. The van der Waals surface area contributed by atoms with E-state index in [0.717, 1.165) is 19.5 Å². The number of rotatable bonds is 9. The normalized spacial score (nSPS) is 19.0. The van der Waals surface area contributed by atoms with E-state index in [1.165, 1.54) is 11.1 Å². The molecule has 0 unspecified atom stereocenters. The van der Waals surface area contributed by atoms with Gasteiger partial charge in [-0.1, -0.05) is 74.5 Å². The quantitative estimate of drug-likeness (QED) is 0.667. The molecular formula is C24H31NO3. The van der Waals surface area contributed by atoms with Gasteiger partial charge < -0.3 is 9.84 Å². The maximum absolute atomic E-state index is 12.1. The summed E-state index contributed by atoms with van der Waals surface area (Å²) in [6, 6.07) is 20.5. The number of hydrogen-bond acceptors (Lipinski definition) is 4. The van der Waals surface area contributed by atoms with Gasteiger partial charge in [-0.2, -0.15) is 0 Å². The third kappa shape index (κ3) is 5.43. The van der Waals surface area contributed by atoms with Crippen LogP contribution in [0.4, 0.5) is 0 Å². The van der Waals surface area contributed by atoms with E-state index in [-0.39, 0.29) is 12.0 Å². The van der Waals surface area contributed by atoms with Gasteiger partial charge in [0, 0.05) is 19.1 Å². The van der Waals surface area contributed by atoms with Crippen molar-refractivity contribution in [1.29, 1.82) is 0 Å². The first-order valence-electron chi connectivity index (χ1n) is 10.2. The first-order valence-corrected chi connectivity index (χ1v) is 10.2. The third-order valence-electron chi connectivity index (χ3n) is 5.42. The SMILES string of the molecule is CC(C)C[C@@H]([C@H](O)[C@H]1CCOC1=O)N(Cc1ccccc1)Cc1ccccc1. The smallest absolute Gasteiger partial charge is 0.311 e. The van der Waals surface area contributed by atoms with Crippen LogP contribution < -0.4 is 0 Å². The minimum atomic E-state index is -0.732. The first-order chi connectivity index (χ1) is 13.5. The molecule has 0 aliphatic carbocycles. The van der Waals surface area contributed by atoms with E-state index in [4.69, 9.17) is 4.74 Å². The van der Waals surface area contributed by atoms with Crippen molar-refractivity contribution >= 4 is 5.97 Å². The van der Waals surface area contributed by atoms with E-state index < -0.39 is 12.0 Å². The van der Waals surface area contributed by atoms with Crippen LogP contribution in [0.1, 0.15) is 37.8 Å². The van der Waals surface area contributed by atoms with E-state index in [2.05, 4.69) is 43.0 Å². The molecule has 3 rings (SSSR count). The second kappa shape index (κ2) is 9.85. The topological polar surface area (TPSA) is 49.8 Å². The summed E-state index contributed by atoms with van der Waals surface area (Å²) in [7, 11) is 0. The molecule has 28 heavy (non-hydrogen) atoms. The van der Waals surface area contributed by atoms with Crippen LogP contribution in [0, 0.1) is 11.8 Å². The Morgan fingerprint density at radius 3 is 1.96 bits per heavy atom. The monoisotopic (exact) mass is 381 g/mol. The average Bonchev–Trinajstić information content (AvgIpc) is 3.12. The van der Waals surface area contributed by atoms with Gasteiger partial charge in [0.2, 0.25) is 0 Å². The maximum Gasteiger partial charge on any atom is 0.311 e. The molecule has 1 N–H and O–H groups in total. The van der Waals surface area contributed by atoms with Crippen molar-refractivity contribution in [3.63, 3.8) is 0 Å². The molecule has 0 spiro atoms. The lowest BCUT2D eigenvalue weighted by atomic mass is 9.88. The number of nitrogens with zero attached hydrogens (tertiary/aromatic N) is 1. The predicted molar refractivity (Wildman–Crippen MR) is 110 cm³/mol. The number of aliphatic hydroxyl groups is 1. The van der Waals surface area contributed by atoms with Crippen LogP contribution in [0.3, 0.4) is 0 Å². The molecule has 0 amide bonds. The van der Waals surface area contributed by atoms with Gasteiger partial charge >= 0.3 is 5.97 Å². The van der Waals surface area contributed by atoms with Crippen LogP contribution in [0.15, 0.2) is 60.7 Å². The van der Waals surface area contributed by atoms with Crippen LogP contribution in [-0.2, 0) is 22.6 Å². The number of esters is 1. The highest BCUT2D eigenvalue weighted by Crippen LogP contribution is 2.28. The zero-order chi connectivity index (χ0) is 19.9. The van der Waals surface area contributed by atoms with E-state index >= 15 is 0 Å². The molecule has 2 aromatic rings. The fraction of sp³-hybridized carbons (Fsp3) is 0.458. The Labute approximate surface area is 168 Å². The Bertz CT molecular complexity index is 691. The van der Waals surface area contributed by atoms with Crippen molar-refractivity contribution < 1.29 is 14.6 Å². The van der Waals surface area contributed by atoms with Crippen molar-refractivity contribution in [2.24, 2.45) is 11.8 Å². The van der Waals surface area contributed by atoms with Crippen molar-refractivity contribution in [2.45, 2.75) is 51.9 Å². The average molecular weight is 382 g/mol. The van der Waals surface area contributed by atoms with E-state index in [9.17, 15) is 9.90 Å². The lowest BCUT2D eigenvalue weighted by Gasteiger charge is -2.37. The summed E-state index contributed by atoms with van der Waals surface area (Å²) in [5.74, 6) is -0.287. The van der Waals surface area contributed by atoms with Gasteiger partial charge in [0.1, 0.15) is 0 Å². The zero-order valence-electron chi connectivity index (χ0n) is 16.8. The van der Waals surface area contributed by atoms with Gasteiger partial charge in [-0.25, -0.2) is 0 Å². The molecule has 4 heteroatoms. The molecule has 3 atom stereocenters. The second-order valence-electron chi connectivity index (χ2n) is 8.13. The number of cyclic esters (lactones) is 1. The highest BCUT2D eigenvalue weighted by atomic mass is 16.5. The number of aliphatic hydroxyl groups excluding tert-OH is 1. The van der Waals surface area contributed by atoms with Crippen LogP contribution in [-0.4, -0.2) is 34.7 Å². The summed E-state index contributed by atoms with van der Waals surface area (Å²) >= 11 is 0. The molecule has 1 saturated heterocycles. The maximum atomic E-state index is 12.1. The Hall–Kier alpha value is -2.17. The summed E-state index contributed by atoms with van der Waals surface area (Å²) in [6.45, 7) is 6.19. The first kappa shape index (κ1) is 20.6. The predicted octanol–water partition coefficient (Wildman–Crippen LogP) is 4.03. The van der Waals surface area contributed by atoms with Gasteiger partial charge in [0.25, 0.3) is 0 Å². The summed E-state index contributed by atoms with van der Waals surface area (Å²) in [5, 5.41) is 11.2. The molecule has 0 aromatic heterocycles. The fourth-order valence-corrected chi connectivity index (χ4v) is 4.00. The molecule has 1 fully saturated rings. The molecule has 1 heterocycles. The number of carbonyl (C=O) groups is 1. The Morgan fingerprint density at radius 2 is 1.54 bits per heavy atom. The Kier molecular flexibility index (Phi) is 7.24. The van der Waals surface area contributed by atoms with E-state index in [0.29, 0.717) is 18.9 Å². The third-order valence-corrected chi connectivity index (χ3v) is 5.42. The number of carbonyl (C=O) groups excluding carboxylic acids is 1.